The number of allylic oxidation sites excluding steroid dienone is 4. The lowest BCUT2D eigenvalue weighted by atomic mass is 9.92. The summed E-state index contributed by atoms with van der Waals surface area (Å²) in [6.45, 7) is 0. The molecule has 0 amide bonds. The summed E-state index contributed by atoms with van der Waals surface area (Å²) in [7, 11) is 0. The molecular formula is C50H35NO. The quantitative estimate of drug-likeness (QED) is 0.176. The third-order valence-corrected chi connectivity index (χ3v) is 10.6. The summed E-state index contributed by atoms with van der Waals surface area (Å²) in [5, 5.41) is 7.02. The Hall–Kier alpha value is -6.64. The second-order valence-corrected chi connectivity index (χ2v) is 13.7. The molecule has 0 saturated carbocycles. The van der Waals surface area contributed by atoms with Crippen LogP contribution in [0.4, 0.5) is 17.1 Å². The van der Waals surface area contributed by atoms with E-state index >= 15 is 0 Å². The molecule has 8 aromatic carbocycles. The maximum absolute atomic E-state index is 6.75. The van der Waals surface area contributed by atoms with E-state index in [1.54, 1.807) is 0 Å². The molecule has 0 aliphatic heterocycles. The van der Waals surface area contributed by atoms with Crippen LogP contribution in [0.1, 0.15) is 17.9 Å². The van der Waals surface area contributed by atoms with Gasteiger partial charge in [-0.1, -0.05) is 152 Å². The van der Waals surface area contributed by atoms with E-state index in [-0.39, 0.29) is 0 Å². The smallest absolute Gasteiger partial charge is 0.143 e. The van der Waals surface area contributed by atoms with E-state index < -0.39 is 0 Å². The van der Waals surface area contributed by atoms with Crippen molar-refractivity contribution in [3.05, 3.63) is 200 Å². The molecule has 1 unspecified atom stereocenters. The number of para-hydroxylation sites is 1. The number of fused-ring (bicyclic) bond motifs is 6. The Balaban J connectivity index is 1.09. The maximum atomic E-state index is 6.75. The standard InChI is InChI=1S/C50H35NO/c1-3-12-34(13-4-1)36-22-27-40(28-23-36)51(42-31-24-35-14-7-8-17-39(35)32-42)41-29-25-38(26-30-41)47-33-48-46-21-11-20-43(37-15-5-2-6-16-37)49(46)52-50(48)45-19-10-9-18-44(45)47/h1-12,14-34H,13H2. The Kier molecular flexibility index (Phi) is 7.32. The van der Waals surface area contributed by atoms with Crippen molar-refractivity contribution in [3.63, 3.8) is 0 Å². The number of benzene rings is 8. The van der Waals surface area contributed by atoms with E-state index in [9.17, 15) is 0 Å². The van der Waals surface area contributed by atoms with Crippen molar-refractivity contribution in [1.29, 1.82) is 0 Å². The molecule has 246 valence electrons. The summed E-state index contributed by atoms with van der Waals surface area (Å²) in [5.74, 6) is 0.414. The molecule has 2 heteroatoms. The maximum Gasteiger partial charge on any atom is 0.143 e. The van der Waals surface area contributed by atoms with Gasteiger partial charge in [-0.25, -0.2) is 0 Å². The molecule has 1 aliphatic rings. The van der Waals surface area contributed by atoms with Gasteiger partial charge in [0.25, 0.3) is 0 Å². The second kappa shape index (κ2) is 12.6. The molecule has 9 aromatic rings. The summed E-state index contributed by atoms with van der Waals surface area (Å²) in [5.41, 5.74) is 11.2. The minimum atomic E-state index is 0.414. The molecule has 10 rings (SSSR count). The number of furan rings is 1. The lowest BCUT2D eigenvalue weighted by Crippen LogP contribution is -2.10. The number of hydrogen-bond donors (Lipinski definition) is 0. The fourth-order valence-electron chi connectivity index (χ4n) is 7.96. The summed E-state index contributed by atoms with van der Waals surface area (Å²) in [4.78, 5) is 2.37. The summed E-state index contributed by atoms with van der Waals surface area (Å²) < 4.78 is 6.75. The van der Waals surface area contributed by atoms with Gasteiger partial charge in [-0.05, 0) is 87.3 Å². The van der Waals surface area contributed by atoms with Crippen LogP contribution >= 0.6 is 0 Å². The number of rotatable bonds is 6. The molecule has 52 heavy (non-hydrogen) atoms. The second-order valence-electron chi connectivity index (χ2n) is 13.7. The highest BCUT2D eigenvalue weighted by atomic mass is 16.3. The predicted molar refractivity (Wildman–Crippen MR) is 220 cm³/mol. The van der Waals surface area contributed by atoms with Crippen LogP contribution in [-0.4, -0.2) is 0 Å². The molecule has 0 bridgehead atoms. The van der Waals surface area contributed by atoms with Crippen LogP contribution in [0, 0.1) is 0 Å². The Labute approximate surface area is 303 Å². The van der Waals surface area contributed by atoms with Gasteiger partial charge in [0, 0.05) is 44.7 Å². The van der Waals surface area contributed by atoms with E-state index in [1.807, 2.05) is 0 Å². The minimum absolute atomic E-state index is 0.414. The van der Waals surface area contributed by atoms with Gasteiger partial charge in [0.1, 0.15) is 11.2 Å². The molecule has 1 aliphatic carbocycles. The lowest BCUT2D eigenvalue weighted by Gasteiger charge is -2.27. The highest BCUT2D eigenvalue weighted by Crippen LogP contribution is 2.43. The van der Waals surface area contributed by atoms with E-state index in [4.69, 9.17) is 4.42 Å². The topological polar surface area (TPSA) is 16.4 Å². The fourth-order valence-corrected chi connectivity index (χ4v) is 7.96. The molecule has 0 radical (unpaired) electrons. The van der Waals surface area contributed by atoms with Crippen molar-refractivity contribution in [2.75, 3.05) is 4.90 Å². The van der Waals surface area contributed by atoms with Crippen LogP contribution < -0.4 is 4.90 Å². The zero-order valence-corrected chi connectivity index (χ0v) is 28.6. The first-order valence-electron chi connectivity index (χ1n) is 18.0. The first-order chi connectivity index (χ1) is 25.8. The van der Waals surface area contributed by atoms with Crippen LogP contribution in [0.25, 0.3) is 65.7 Å². The molecule has 1 aromatic heterocycles. The van der Waals surface area contributed by atoms with E-state index in [1.165, 1.54) is 32.8 Å². The molecule has 0 spiro atoms. The van der Waals surface area contributed by atoms with Gasteiger partial charge in [-0.2, -0.15) is 0 Å². The van der Waals surface area contributed by atoms with Crippen LogP contribution in [0.5, 0.6) is 0 Å². The van der Waals surface area contributed by atoms with E-state index in [2.05, 4.69) is 199 Å². The van der Waals surface area contributed by atoms with Gasteiger partial charge in [0.05, 0.1) is 0 Å². The normalized spacial score (nSPS) is 14.1. The van der Waals surface area contributed by atoms with Crippen LogP contribution in [-0.2, 0) is 0 Å². The fraction of sp³-hybridized carbons (Fsp3) is 0.0400. The van der Waals surface area contributed by atoms with Crippen LogP contribution in [0.15, 0.2) is 199 Å². The summed E-state index contributed by atoms with van der Waals surface area (Å²) in [6, 6.07) is 61.4. The average Bonchev–Trinajstić information content (AvgIpc) is 3.61. The Bertz CT molecular complexity index is 2810. The van der Waals surface area contributed by atoms with Crippen molar-refractivity contribution < 1.29 is 4.42 Å². The first kappa shape index (κ1) is 30.2. The third kappa shape index (κ3) is 5.20. The van der Waals surface area contributed by atoms with E-state index in [0.29, 0.717) is 5.92 Å². The average molecular weight is 666 g/mol. The van der Waals surface area contributed by atoms with Crippen molar-refractivity contribution in [2.45, 2.75) is 12.3 Å². The number of anilines is 3. The van der Waals surface area contributed by atoms with E-state index in [0.717, 1.165) is 61.9 Å². The molecule has 0 N–H and O–H groups in total. The highest BCUT2D eigenvalue weighted by molar-refractivity contribution is 6.20. The number of nitrogens with zero attached hydrogens (tertiary/aromatic N) is 1. The molecule has 1 heterocycles. The van der Waals surface area contributed by atoms with Gasteiger partial charge in [-0.3, -0.25) is 0 Å². The molecular weight excluding hydrogens is 631 g/mol. The van der Waals surface area contributed by atoms with Crippen LogP contribution in [0.2, 0.25) is 0 Å². The van der Waals surface area contributed by atoms with Crippen molar-refractivity contribution >= 4 is 60.5 Å². The Morgan fingerprint density at radius 2 is 1.10 bits per heavy atom. The Morgan fingerprint density at radius 3 is 1.88 bits per heavy atom. The highest BCUT2D eigenvalue weighted by Gasteiger charge is 2.19. The summed E-state index contributed by atoms with van der Waals surface area (Å²) in [6.07, 6.45) is 9.87. The molecule has 0 saturated heterocycles. The van der Waals surface area contributed by atoms with Gasteiger partial charge in [0.2, 0.25) is 0 Å². The SMILES string of the molecule is C1=CCC(c2ccc(N(c3ccc(-c4cc5c6cccc(-c7ccccc7)c6oc5c5ccccc45)cc3)c3ccc4ccccc4c3)cc2)C=C1. The predicted octanol–water partition coefficient (Wildman–Crippen LogP) is 14.3. The van der Waals surface area contributed by atoms with Gasteiger partial charge >= 0.3 is 0 Å². The first-order valence-corrected chi connectivity index (χ1v) is 18.0. The van der Waals surface area contributed by atoms with Crippen molar-refractivity contribution in [3.8, 4) is 22.3 Å². The van der Waals surface area contributed by atoms with Gasteiger partial charge in [-0.15, -0.1) is 0 Å². The number of hydrogen-bond acceptors (Lipinski definition) is 2. The lowest BCUT2D eigenvalue weighted by molar-refractivity contribution is 0.674. The molecule has 2 nitrogen and oxygen atoms in total. The zero-order valence-electron chi connectivity index (χ0n) is 28.6. The molecule has 0 fully saturated rings. The third-order valence-electron chi connectivity index (χ3n) is 10.6. The van der Waals surface area contributed by atoms with Crippen molar-refractivity contribution in [1.82, 2.24) is 0 Å². The zero-order chi connectivity index (χ0) is 34.4. The summed E-state index contributed by atoms with van der Waals surface area (Å²) >= 11 is 0. The molecule has 1 atom stereocenters. The van der Waals surface area contributed by atoms with Crippen molar-refractivity contribution in [2.24, 2.45) is 0 Å². The minimum Gasteiger partial charge on any atom is -0.455 e. The van der Waals surface area contributed by atoms with Gasteiger partial charge < -0.3 is 9.32 Å². The van der Waals surface area contributed by atoms with Gasteiger partial charge in [0.15, 0.2) is 0 Å². The largest absolute Gasteiger partial charge is 0.455 e. The Morgan fingerprint density at radius 1 is 0.442 bits per heavy atom. The monoisotopic (exact) mass is 665 g/mol. The van der Waals surface area contributed by atoms with Crippen LogP contribution in [0.3, 0.4) is 0 Å².